The molecule has 2 aromatic rings. The number of carbonyl (C=O) groups excluding carboxylic acids is 1. The van der Waals surface area contributed by atoms with Crippen molar-refractivity contribution in [3.63, 3.8) is 0 Å². The fraction of sp³-hybridized carbons (Fsp3) is 0.231. The van der Waals surface area contributed by atoms with Crippen molar-refractivity contribution in [3.05, 3.63) is 42.1 Å². The van der Waals surface area contributed by atoms with E-state index >= 15 is 0 Å². The molecule has 1 heterocycles. The molecule has 1 unspecified atom stereocenters. The van der Waals surface area contributed by atoms with Gasteiger partial charge in [0.25, 0.3) is 0 Å². The average Bonchev–Trinajstić information content (AvgIpc) is 2.75. The summed E-state index contributed by atoms with van der Waals surface area (Å²) in [6.07, 6.45) is 1.03. The largest absolute Gasteiger partial charge is 0.389 e. The van der Waals surface area contributed by atoms with E-state index in [1.54, 1.807) is 55.2 Å². The average molecular weight is 260 g/mol. The molecule has 100 valence electrons. The lowest BCUT2D eigenvalue weighted by Gasteiger charge is -2.10. The molecule has 1 aromatic carbocycles. The van der Waals surface area contributed by atoms with E-state index in [2.05, 4.69) is 15.7 Å². The van der Waals surface area contributed by atoms with Crippen LogP contribution in [0.3, 0.4) is 0 Å². The highest BCUT2D eigenvalue weighted by Crippen LogP contribution is 2.17. The van der Waals surface area contributed by atoms with Gasteiger partial charge in [0.15, 0.2) is 0 Å². The second kappa shape index (κ2) is 5.53. The fourth-order valence-corrected chi connectivity index (χ4v) is 1.65. The first-order valence-electron chi connectivity index (χ1n) is 5.90. The van der Waals surface area contributed by atoms with Crippen LogP contribution in [0.4, 0.5) is 16.3 Å². The zero-order valence-electron chi connectivity index (χ0n) is 10.8. The number of aliphatic hydroxyl groups is 1. The number of hydrogen-bond acceptors (Lipinski definition) is 3. The number of hydrogen-bond donors (Lipinski definition) is 3. The van der Waals surface area contributed by atoms with Gasteiger partial charge in [-0.15, -0.1) is 0 Å². The van der Waals surface area contributed by atoms with Gasteiger partial charge in [0.1, 0.15) is 5.82 Å². The number of aryl methyl sites for hydroxylation is 1. The number of urea groups is 1. The van der Waals surface area contributed by atoms with Crippen LogP contribution in [0.2, 0.25) is 0 Å². The van der Waals surface area contributed by atoms with Crippen molar-refractivity contribution in [2.24, 2.45) is 7.05 Å². The molecule has 19 heavy (non-hydrogen) atoms. The number of amides is 2. The number of carbonyl (C=O) groups is 1. The molecule has 0 saturated carbocycles. The Bertz CT molecular complexity index is 578. The summed E-state index contributed by atoms with van der Waals surface area (Å²) in [5.74, 6) is 0.601. The van der Waals surface area contributed by atoms with Gasteiger partial charge >= 0.3 is 6.03 Å². The Labute approximate surface area is 111 Å². The second-order valence-corrected chi connectivity index (χ2v) is 4.22. The van der Waals surface area contributed by atoms with E-state index in [9.17, 15) is 9.90 Å². The Morgan fingerprint density at radius 1 is 1.37 bits per heavy atom. The van der Waals surface area contributed by atoms with Crippen LogP contribution < -0.4 is 10.6 Å². The first-order valence-corrected chi connectivity index (χ1v) is 5.90. The van der Waals surface area contributed by atoms with Gasteiger partial charge < -0.3 is 10.4 Å². The number of nitrogens with one attached hydrogen (secondary N) is 2. The minimum absolute atomic E-state index is 0.355. The van der Waals surface area contributed by atoms with E-state index in [1.807, 2.05) is 0 Å². The van der Waals surface area contributed by atoms with Crippen LogP contribution in [0.5, 0.6) is 0 Å². The van der Waals surface area contributed by atoms with Crippen LogP contribution in [0.15, 0.2) is 36.5 Å². The lowest BCUT2D eigenvalue weighted by atomic mass is 10.1. The first kappa shape index (κ1) is 13.1. The van der Waals surface area contributed by atoms with Crippen LogP contribution in [-0.4, -0.2) is 20.9 Å². The zero-order valence-corrected chi connectivity index (χ0v) is 10.8. The van der Waals surface area contributed by atoms with E-state index in [1.165, 1.54) is 0 Å². The highest BCUT2D eigenvalue weighted by Gasteiger charge is 2.07. The van der Waals surface area contributed by atoms with Crippen LogP contribution in [0.25, 0.3) is 0 Å². The van der Waals surface area contributed by atoms with E-state index in [0.717, 1.165) is 5.56 Å². The van der Waals surface area contributed by atoms with Gasteiger partial charge in [-0.1, -0.05) is 12.1 Å². The molecule has 0 spiro atoms. The fourth-order valence-electron chi connectivity index (χ4n) is 1.65. The molecule has 1 atom stereocenters. The van der Waals surface area contributed by atoms with Crippen molar-refractivity contribution < 1.29 is 9.90 Å². The summed E-state index contributed by atoms with van der Waals surface area (Å²) in [6, 6.07) is 8.41. The molecule has 2 amide bonds. The maximum absolute atomic E-state index is 11.8. The molecule has 0 saturated heterocycles. The number of benzene rings is 1. The molecule has 0 radical (unpaired) electrons. The predicted octanol–water partition coefficient (Wildman–Crippen LogP) is 2.12. The minimum atomic E-state index is -0.568. The summed E-state index contributed by atoms with van der Waals surface area (Å²) in [5, 5.41) is 18.8. The monoisotopic (exact) mass is 260 g/mol. The second-order valence-electron chi connectivity index (χ2n) is 4.22. The summed E-state index contributed by atoms with van der Waals surface area (Å²) < 4.78 is 1.56. The number of anilines is 2. The molecule has 2 rings (SSSR count). The highest BCUT2D eigenvalue weighted by molar-refractivity contribution is 5.99. The lowest BCUT2D eigenvalue weighted by Crippen LogP contribution is -2.21. The Balaban J connectivity index is 2.03. The van der Waals surface area contributed by atoms with E-state index in [4.69, 9.17) is 0 Å². The molecule has 0 aliphatic carbocycles. The highest BCUT2D eigenvalue weighted by atomic mass is 16.3. The third-order valence-electron chi connectivity index (χ3n) is 2.69. The summed E-state index contributed by atoms with van der Waals surface area (Å²) in [7, 11) is 1.74. The molecule has 6 nitrogen and oxygen atoms in total. The lowest BCUT2D eigenvalue weighted by molar-refractivity contribution is 0.199. The normalized spacial score (nSPS) is 11.9. The number of nitrogens with zero attached hydrogens (tertiary/aromatic N) is 2. The van der Waals surface area contributed by atoms with Crippen molar-refractivity contribution in [2.75, 3.05) is 10.6 Å². The van der Waals surface area contributed by atoms with Crippen LogP contribution in [0, 0.1) is 0 Å². The maximum atomic E-state index is 11.8. The Hall–Kier alpha value is -2.34. The van der Waals surface area contributed by atoms with Gasteiger partial charge in [0.05, 0.1) is 12.3 Å². The molecule has 0 aliphatic rings. The Morgan fingerprint density at radius 3 is 2.79 bits per heavy atom. The van der Waals surface area contributed by atoms with Gasteiger partial charge in [-0.05, 0) is 24.6 Å². The molecule has 0 fully saturated rings. The smallest absolute Gasteiger partial charge is 0.324 e. The summed E-state index contributed by atoms with van der Waals surface area (Å²) in [4.78, 5) is 11.8. The molecule has 1 aromatic heterocycles. The molecule has 3 N–H and O–H groups in total. The molecular weight excluding hydrogens is 244 g/mol. The standard InChI is InChI=1S/C13H16N4O2/c1-9(18)10-4-3-5-11(8-10)15-13(19)16-12-6-7-14-17(12)2/h3-9,18H,1-2H3,(H2,15,16,19). The molecule has 0 aliphatic heterocycles. The van der Waals surface area contributed by atoms with Crippen molar-refractivity contribution in [2.45, 2.75) is 13.0 Å². The number of aromatic nitrogens is 2. The van der Waals surface area contributed by atoms with Gasteiger partial charge in [0.2, 0.25) is 0 Å². The van der Waals surface area contributed by atoms with E-state index in [-0.39, 0.29) is 6.03 Å². The molecule has 6 heteroatoms. The maximum Gasteiger partial charge on any atom is 0.324 e. The molecule has 0 bridgehead atoms. The first-order chi connectivity index (χ1) is 9.06. The van der Waals surface area contributed by atoms with Crippen LogP contribution >= 0.6 is 0 Å². The quantitative estimate of drug-likeness (QED) is 0.790. The van der Waals surface area contributed by atoms with Crippen molar-refractivity contribution in [1.82, 2.24) is 9.78 Å². The Kier molecular flexibility index (Phi) is 3.82. The van der Waals surface area contributed by atoms with Gasteiger partial charge in [-0.25, -0.2) is 4.79 Å². The van der Waals surface area contributed by atoms with E-state index < -0.39 is 6.10 Å². The van der Waals surface area contributed by atoms with Crippen LogP contribution in [0.1, 0.15) is 18.6 Å². The third-order valence-corrected chi connectivity index (χ3v) is 2.69. The van der Waals surface area contributed by atoms with E-state index in [0.29, 0.717) is 11.5 Å². The molecular formula is C13H16N4O2. The van der Waals surface area contributed by atoms with Gasteiger partial charge in [-0.3, -0.25) is 10.00 Å². The number of rotatable bonds is 3. The summed E-state index contributed by atoms with van der Waals surface area (Å²) in [6.45, 7) is 1.68. The zero-order chi connectivity index (χ0) is 13.8. The Morgan fingerprint density at radius 2 is 2.16 bits per heavy atom. The summed E-state index contributed by atoms with van der Waals surface area (Å²) in [5.41, 5.74) is 1.37. The third kappa shape index (κ3) is 3.32. The number of aliphatic hydroxyl groups excluding tert-OH is 1. The van der Waals surface area contributed by atoms with Gasteiger partial charge in [-0.2, -0.15) is 5.10 Å². The topological polar surface area (TPSA) is 79.2 Å². The van der Waals surface area contributed by atoms with Gasteiger partial charge in [0, 0.05) is 18.8 Å². The van der Waals surface area contributed by atoms with Crippen LogP contribution in [-0.2, 0) is 7.05 Å². The van der Waals surface area contributed by atoms with Crippen molar-refractivity contribution in [1.29, 1.82) is 0 Å². The van der Waals surface area contributed by atoms with Crippen molar-refractivity contribution >= 4 is 17.5 Å². The SMILES string of the molecule is CC(O)c1cccc(NC(=O)Nc2ccnn2C)c1. The predicted molar refractivity (Wildman–Crippen MR) is 72.9 cm³/mol. The minimum Gasteiger partial charge on any atom is -0.389 e. The summed E-state index contributed by atoms with van der Waals surface area (Å²) >= 11 is 0. The van der Waals surface area contributed by atoms with Crippen molar-refractivity contribution in [3.8, 4) is 0 Å².